The number of phosphoric acid groups is 1. The van der Waals surface area contributed by atoms with E-state index in [9.17, 15) is 29.3 Å². The lowest BCUT2D eigenvalue weighted by molar-refractivity contribution is -0.219. The normalized spacial score (nSPS) is 46.3. The van der Waals surface area contributed by atoms with Crippen LogP contribution in [0.3, 0.4) is 0 Å². The Balaban J connectivity index is 1.65. The summed E-state index contributed by atoms with van der Waals surface area (Å²) in [4.78, 5) is 34.9. The summed E-state index contributed by atoms with van der Waals surface area (Å²) >= 11 is 0. The summed E-state index contributed by atoms with van der Waals surface area (Å²) in [5.74, 6) is -2.84. The maximum atomic E-state index is 17.1. The Labute approximate surface area is 203 Å². The molecule has 9 nitrogen and oxygen atoms in total. The molecule has 3 saturated carbocycles. The van der Waals surface area contributed by atoms with Gasteiger partial charge in [-0.05, 0) is 56.6 Å². The molecule has 0 saturated heterocycles. The van der Waals surface area contributed by atoms with Crippen molar-refractivity contribution in [2.24, 2.45) is 28.6 Å². The number of ketones is 2. The van der Waals surface area contributed by atoms with E-state index in [2.05, 4.69) is 4.52 Å². The maximum Gasteiger partial charge on any atom is 0.472 e. The van der Waals surface area contributed by atoms with Crippen LogP contribution in [0.2, 0.25) is 0 Å². The van der Waals surface area contributed by atoms with Crippen LogP contribution in [-0.4, -0.2) is 69.0 Å². The van der Waals surface area contributed by atoms with E-state index in [1.165, 1.54) is 18.2 Å². The Morgan fingerprint density at radius 1 is 1.29 bits per heavy atom. The van der Waals surface area contributed by atoms with E-state index in [0.29, 0.717) is 24.8 Å². The first-order chi connectivity index (χ1) is 16.2. The molecule has 0 radical (unpaired) electrons. The minimum absolute atomic E-state index is 0.209. The van der Waals surface area contributed by atoms with E-state index in [0.717, 1.165) is 0 Å². The molecule has 4 aliphatic rings. The first kappa shape index (κ1) is 26.8. The van der Waals surface area contributed by atoms with Gasteiger partial charge in [0, 0.05) is 16.7 Å². The summed E-state index contributed by atoms with van der Waals surface area (Å²) in [6.07, 6.45) is 3.70. The number of hydrogen-bond donors (Lipinski definition) is 4. The molecule has 0 aromatic rings. The van der Waals surface area contributed by atoms with Crippen molar-refractivity contribution >= 4 is 19.4 Å². The third kappa shape index (κ3) is 3.68. The standard InChI is InChI=1S/C24H34FO9P/c1-14-10-18-17-5-4-15-11-16(27)6-7-21(15,2)23(17,25)19(28)12-22(18,3)24(14,30)20(29)13-34-35(31,32)33-9-8-26/h6-7,11,14,17-19,26,28,30H,4-5,8-10,12-13H2,1-3H3,(H,31,32)/t14-,17+,18+,19+,21+,22+,23+,24+/m1/s1. The molecule has 0 aromatic carbocycles. The fraction of sp³-hybridized carbons (Fsp3) is 0.750. The number of rotatable bonds is 7. The van der Waals surface area contributed by atoms with Crippen LogP contribution in [0.4, 0.5) is 4.39 Å². The highest BCUT2D eigenvalue weighted by molar-refractivity contribution is 7.47. The highest BCUT2D eigenvalue weighted by Gasteiger charge is 2.75. The van der Waals surface area contributed by atoms with Crippen molar-refractivity contribution in [2.75, 3.05) is 19.8 Å². The number of hydrogen-bond acceptors (Lipinski definition) is 8. The Morgan fingerprint density at radius 2 is 1.97 bits per heavy atom. The van der Waals surface area contributed by atoms with Crippen LogP contribution < -0.4 is 0 Å². The smallest absolute Gasteiger partial charge is 0.394 e. The number of phosphoric ester groups is 1. The number of carbonyl (C=O) groups excluding carboxylic acids is 2. The molecule has 4 rings (SSSR count). The average Bonchev–Trinajstić information content (AvgIpc) is 2.99. The number of aliphatic hydroxyl groups is 3. The van der Waals surface area contributed by atoms with Gasteiger partial charge in [-0.2, -0.15) is 0 Å². The zero-order valence-electron chi connectivity index (χ0n) is 20.1. The van der Waals surface area contributed by atoms with E-state index in [1.807, 2.05) is 0 Å². The van der Waals surface area contributed by atoms with Gasteiger partial charge in [-0.15, -0.1) is 0 Å². The van der Waals surface area contributed by atoms with Crippen molar-refractivity contribution in [3.63, 3.8) is 0 Å². The van der Waals surface area contributed by atoms with Gasteiger partial charge in [0.15, 0.2) is 17.2 Å². The van der Waals surface area contributed by atoms with Gasteiger partial charge in [-0.1, -0.05) is 25.5 Å². The molecule has 9 atom stereocenters. The molecule has 0 amide bonds. The lowest BCUT2D eigenvalue weighted by Gasteiger charge is -2.62. The van der Waals surface area contributed by atoms with Crippen LogP contribution in [0.25, 0.3) is 0 Å². The Hall–Kier alpha value is -1.26. The van der Waals surface area contributed by atoms with Gasteiger partial charge in [-0.25, -0.2) is 8.96 Å². The number of carbonyl (C=O) groups is 2. The highest BCUT2D eigenvalue weighted by atomic mass is 31.2. The molecule has 3 fully saturated rings. The molecule has 0 bridgehead atoms. The SMILES string of the molecule is C[C@@H]1C[C@H]2[C@@H]3CCC4=CC(=O)C=C[C@]4(C)[C@@]3(F)[C@@H](O)C[C@]2(C)[C@@]1(O)C(=O)COP(=O)(O)OCCO. The topological polar surface area (TPSA) is 151 Å². The van der Waals surface area contributed by atoms with Crippen molar-refractivity contribution in [1.82, 2.24) is 0 Å². The molecule has 11 heteroatoms. The monoisotopic (exact) mass is 516 g/mol. The Kier molecular flexibility index (Phi) is 6.62. The molecule has 35 heavy (non-hydrogen) atoms. The van der Waals surface area contributed by atoms with Gasteiger partial charge < -0.3 is 20.2 Å². The molecule has 4 aliphatic carbocycles. The molecule has 0 aromatic heterocycles. The number of halogens is 1. The molecule has 0 aliphatic heterocycles. The summed E-state index contributed by atoms with van der Waals surface area (Å²) in [6.45, 7) is 3.12. The van der Waals surface area contributed by atoms with Crippen LogP contribution in [0.1, 0.15) is 46.5 Å². The summed E-state index contributed by atoms with van der Waals surface area (Å²) in [7, 11) is -4.63. The average molecular weight is 516 g/mol. The zero-order chi connectivity index (χ0) is 26.0. The van der Waals surface area contributed by atoms with Crippen molar-refractivity contribution in [1.29, 1.82) is 0 Å². The van der Waals surface area contributed by atoms with Gasteiger partial charge in [0.2, 0.25) is 0 Å². The third-order valence-electron chi connectivity index (χ3n) is 9.35. The first-order valence-corrected chi connectivity index (χ1v) is 13.5. The number of aliphatic hydroxyl groups excluding tert-OH is 2. The summed E-state index contributed by atoms with van der Waals surface area (Å²) in [5.41, 5.74) is -5.90. The van der Waals surface area contributed by atoms with Crippen LogP contribution in [-0.2, 0) is 23.2 Å². The second-order valence-corrected chi connectivity index (χ2v) is 12.3. The van der Waals surface area contributed by atoms with Crippen LogP contribution in [0.5, 0.6) is 0 Å². The molecule has 196 valence electrons. The molecule has 0 heterocycles. The Bertz CT molecular complexity index is 1030. The molecular weight excluding hydrogens is 482 g/mol. The lowest BCUT2D eigenvalue weighted by atomic mass is 9.44. The molecule has 4 N–H and O–H groups in total. The number of alkyl halides is 1. The van der Waals surface area contributed by atoms with Crippen molar-refractivity contribution in [3.8, 4) is 0 Å². The van der Waals surface area contributed by atoms with Gasteiger partial charge in [0.05, 0.1) is 19.3 Å². The van der Waals surface area contributed by atoms with Gasteiger partial charge in [-0.3, -0.25) is 18.6 Å². The molecule has 0 spiro atoms. The quantitative estimate of drug-likeness (QED) is 0.373. The van der Waals surface area contributed by atoms with Gasteiger partial charge in [0.25, 0.3) is 0 Å². The van der Waals surface area contributed by atoms with Gasteiger partial charge >= 0.3 is 7.82 Å². The second-order valence-electron chi connectivity index (χ2n) is 10.9. The fourth-order valence-corrected chi connectivity index (χ4v) is 8.25. The van der Waals surface area contributed by atoms with Crippen molar-refractivity contribution in [3.05, 3.63) is 23.8 Å². The predicted molar refractivity (Wildman–Crippen MR) is 122 cm³/mol. The summed E-state index contributed by atoms with van der Waals surface area (Å²) in [5, 5.41) is 31.9. The minimum atomic E-state index is -4.63. The van der Waals surface area contributed by atoms with Crippen molar-refractivity contribution in [2.45, 2.75) is 63.8 Å². The predicted octanol–water partition coefficient (Wildman–Crippen LogP) is 2.03. The van der Waals surface area contributed by atoms with E-state index in [-0.39, 0.29) is 12.2 Å². The minimum Gasteiger partial charge on any atom is -0.394 e. The molecular formula is C24H34FO9P. The summed E-state index contributed by atoms with van der Waals surface area (Å²) in [6, 6.07) is 0. The zero-order valence-corrected chi connectivity index (χ0v) is 21.0. The lowest BCUT2D eigenvalue weighted by Crippen LogP contribution is -2.69. The van der Waals surface area contributed by atoms with E-state index < -0.39 is 79.4 Å². The second kappa shape index (κ2) is 8.65. The molecule has 1 unspecified atom stereocenters. The largest absolute Gasteiger partial charge is 0.472 e. The first-order valence-electron chi connectivity index (χ1n) is 12.0. The Morgan fingerprint density at radius 3 is 2.63 bits per heavy atom. The highest BCUT2D eigenvalue weighted by Crippen LogP contribution is 2.70. The summed E-state index contributed by atoms with van der Waals surface area (Å²) < 4.78 is 38.4. The van der Waals surface area contributed by atoms with E-state index in [1.54, 1.807) is 20.8 Å². The van der Waals surface area contributed by atoms with Crippen LogP contribution >= 0.6 is 7.82 Å². The van der Waals surface area contributed by atoms with Crippen molar-refractivity contribution < 1.29 is 47.8 Å². The third-order valence-corrected chi connectivity index (χ3v) is 10.3. The maximum absolute atomic E-state index is 17.1. The van der Waals surface area contributed by atoms with Crippen LogP contribution in [0, 0.1) is 28.6 Å². The van der Waals surface area contributed by atoms with Crippen LogP contribution in [0.15, 0.2) is 23.8 Å². The number of fused-ring (bicyclic) bond motifs is 5. The van der Waals surface area contributed by atoms with E-state index >= 15 is 4.39 Å². The number of Topliss-reactive ketones (excluding diaryl/α,β-unsaturated/α-hetero) is 1. The van der Waals surface area contributed by atoms with E-state index in [4.69, 9.17) is 9.63 Å². The number of allylic oxidation sites excluding steroid dienone is 4. The fourth-order valence-electron chi connectivity index (χ4n) is 7.58. The van der Waals surface area contributed by atoms with Gasteiger partial charge in [0.1, 0.15) is 12.2 Å².